The van der Waals surface area contributed by atoms with Crippen molar-refractivity contribution >= 4 is 0 Å². The van der Waals surface area contributed by atoms with Gasteiger partial charge in [0, 0.05) is 12.2 Å². The largest absolute Gasteiger partial charge is 0.488 e. The van der Waals surface area contributed by atoms with E-state index in [-0.39, 0.29) is 0 Å². The van der Waals surface area contributed by atoms with Crippen LogP contribution in [0.5, 0.6) is 5.75 Å². The highest BCUT2D eigenvalue weighted by Gasteiger charge is 2.18. The quantitative estimate of drug-likeness (QED) is 0.850. The first-order valence-corrected chi connectivity index (χ1v) is 6.63. The number of ether oxygens (including phenoxy) is 1. The SMILES string of the molecule is CCNCc1nc(C)ccc1OC1CCCC1. The third-order valence-corrected chi connectivity index (χ3v) is 3.21. The van der Waals surface area contributed by atoms with E-state index in [0.29, 0.717) is 6.10 Å². The van der Waals surface area contributed by atoms with Crippen molar-refractivity contribution in [3.8, 4) is 5.75 Å². The molecular weight excluding hydrogens is 212 g/mol. The normalized spacial score (nSPS) is 16.4. The van der Waals surface area contributed by atoms with E-state index in [2.05, 4.69) is 23.3 Å². The lowest BCUT2D eigenvalue weighted by Gasteiger charge is -2.16. The zero-order chi connectivity index (χ0) is 12.1. The maximum atomic E-state index is 6.06. The highest BCUT2D eigenvalue weighted by Crippen LogP contribution is 2.26. The Bertz CT molecular complexity index is 359. The molecule has 1 aliphatic rings. The van der Waals surface area contributed by atoms with Crippen LogP contribution in [0.25, 0.3) is 0 Å². The first-order valence-electron chi connectivity index (χ1n) is 6.63. The highest BCUT2D eigenvalue weighted by atomic mass is 16.5. The molecule has 0 spiro atoms. The summed E-state index contributed by atoms with van der Waals surface area (Å²) in [6.45, 7) is 5.88. The molecule has 3 heteroatoms. The van der Waals surface area contributed by atoms with Crippen molar-refractivity contribution in [2.45, 2.75) is 52.2 Å². The summed E-state index contributed by atoms with van der Waals surface area (Å²) in [5.41, 5.74) is 2.09. The van der Waals surface area contributed by atoms with Gasteiger partial charge in [-0.25, -0.2) is 0 Å². The zero-order valence-corrected chi connectivity index (χ0v) is 10.8. The number of rotatable bonds is 5. The lowest BCUT2D eigenvalue weighted by Crippen LogP contribution is -2.17. The molecule has 1 aromatic heterocycles. The molecule has 3 nitrogen and oxygen atoms in total. The molecule has 0 aliphatic heterocycles. The average Bonchev–Trinajstić information content (AvgIpc) is 2.82. The van der Waals surface area contributed by atoms with Crippen LogP contribution < -0.4 is 10.1 Å². The Morgan fingerprint density at radius 3 is 2.82 bits per heavy atom. The van der Waals surface area contributed by atoms with Gasteiger partial charge in [0.1, 0.15) is 5.75 Å². The summed E-state index contributed by atoms with van der Waals surface area (Å²) < 4.78 is 6.06. The van der Waals surface area contributed by atoms with Crippen LogP contribution in [0.4, 0.5) is 0 Å². The van der Waals surface area contributed by atoms with Crippen molar-refractivity contribution in [3.63, 3.8) is 0 Å². The number of hydrogen-bond donors (Lipinski definition) is 1. The molecule has 94 valence electrons. The standard InChI is InChI=1S/C14H22N2O/c1-3-15-10-13-14(9-8-11(2)16-13)17-12-6-4-5-7-12/h8-9,12,15H,3-7,10H2,1-2H3. The molecule has 1 saturated carbocycles. The molecule has 0 atom stereocenters. The predicted octanol–water partition coefficient (Wildman–Crippen LogP) is 2.82. The molecule has 0 radical (unpaired) electrons. The monoisotopic (exact) mass is 234 g/mol. The maximum absolute atomic E-state index is 6.06. The molecular formula is C14H22N2O. The van der Waals surface area contributed by atoms with Crippen molar-refractivity contribution in [3.05, 3.63) is 23.5 Å². The number of aromatic nitrogens is 1. The Labute approximate surface area is 104 Å². The molecule has 1 fully saturated rings. The van der Waals surface area contributed by atoms with Crippen LogP contribution in [0.15, 0.2) is 12.1 Å². The van der Waals surface area contributed by atoms with Crippen LogP contribution >= 0.6 is 0 Å². The number of hydrogen-bond acceptors (Lipinski definition) is 3. The van der Waals surface area contributed by atoms with E-state index >= 15 is 0 Å². The minimum absolute atomic E-state index is 0.403. The van der Waals surface area contributed by atoms with Crippen molar-refractivity contribution in [2.75, 3.05) is 6.54 Å². The third-order valence-electron chi connectivity index (χ3n) is 3.21. The fourth-order valence-electron chi connectivity index (χ4n) is 2.26. The first kappa shape index (κ1) is 12.4. The Hall–Kier alpha value is -1.09. The van der Waals surface area contributed by atoms with Crippen molar-refractivity contribution in [2.24, 2.45) is 0 Å². The Kier molecular flexibility index (Phi) is 4.37. The van der Waals surface area contributed by atoms with Crippen molar-refractivity contribution < 1.29 is 4.74 Å². The second kappa shape index (κ2) is 6.01. The zero-order valence-electron chi connectivity index (χ0n) is 10.8. The molecule has 0 unspecified atom stereocenters. The van der Waals surface area contributed by atoms with Gasteiger partial charge in [0.05, 0.1) is 11.8 Å². The molecule has 0 amide bonds. The molecule has 2 rings (SSSR count). The van der Waals surface area contributed by atoms with Gasteiger partial charge < -0.3 is 10.1 Å². The van der Waals surface area contributed by atoms with Gasteiger partial charge in [0.25, 0.3) is 0 Å². The average molecular weight is 234 g/mol. The van der Waals surface area contributed by atoms with E-state index in [1.807, 2.05) is 13.0 Å². The smallest absolute Gasteiger partial charge is 0.142 e. The van der Waals surface area contributed by atoms with Crippen LogP contribution in [0.3, 0.4) is 0 Å². The first-order chi connectivity index (χ1) is 8.29. The van der Waals surface area contributed by atoms with E-state index in [1.54, 1.807) is 0 Å². The van der Waals surface area contributed by atoms with Crippen LogP contribution in [-0.4, -0.2) is 17.6 Å². The van der Waals surface area contributed by atoms with E-state index in [0.717, 1.165) is 30.2 Å². The van der Waals surface area contributed by atoms with Gasteiger partial charge in [-0.15, -0.1) is 0 Å². The van der Waals surface area contributed by atoms with Gasteiger partial charge in [-0.1, -0.05) is 6.92 Å². The predicted molar refractivity (Wildman–Crippen MR) is 69.2 cm³/mol. The number of nitrogens with one attached hydrogen (secondary N) is 1. The maximum Gasteiger partial charge on any atom is 0.142 e. The second-order valence-electron chi connectivity index (χ2n) is 4.70. The molecule has 1 aromatic rings. The van der Waals surface area contributed by atoms with Crippen molar-refractivity contribution in [1.82, 2.24) is 10.3 Å². The minimum Gasteiger partial charge on any atom is -0.488 e. The molecule has 0 saturated heterocycles. The lowest BCUT2D eigenvalue weighted by atomic mass is 10.2. The number of nitrogens with zero attached hydrogens (tertiary/aromatic N) is 1. The van der Waals surface area contributed by atoms with E-state index in [1.165, 1.54) is 25.7 Å². The summed E-state index contributed by atoms with van der Waals surface area (Å²) in [5, 5.41) is 3.31. The van der Waals surface area contributed by atoms with Crippen LogP contribution in [-0.2, 0) is 6.54 Å². The molecule has 0 bridgehead atoms. The van der Waals surface area contributed by atoms with E-state index < -0.39 is 0 Å². The molecule has 17 heavy (non-hydrogen) atoms. The Balaban J connectivity index is 2.07. The van der Waals surface area contributed by atoms with Gasteiger partial charge >= 0.3 is 0 Å². The third kappa shape index (κ3) is 3.43. The number of pyridine rings is 1. The summed E-state index contributed by atoms with van der Waals surface area (Å²) in [4.78, 5) is 4.57. The van der Waals surface area contributed by atoms with E-state index in [4.69, 9.17) is 4.74 Å². The summed E-state index contributed by atoms with van der Waals surface area (Å²) in [5.74, 6) is 0.962. The summed E-state index contributed by atoms with van der Waals surface area (Å²) in [6.07, 6.45) is 5.38. The van der Waals surface area contributed by atoms with Crippen LogP contribution in [0.2, 0.25) is 0 Å². The van der Waals surface area contributed by atoms with Crippen molar-refractivity contribution in [1.29, 1.82) is 0 Å². The fourth-order valence-corrected chi connectivity index (χ4v) is 2.26. The van der Waals surface area contributed by atoms with Gasteiger partial charge in [-0.2, -0.15) is 0 Å². The molecule has 0 aromatic carbocycles. The Morgan fingerprint density at radius 1 is 1.35 bits per heavy atom. The summed E-state index contributed by atoms with van der Waals surface area (Å²) >= 11 is 0. The van der Waals surface area contributed by atoms with Gasteiger partial charge in [-0.3, -0.25) is 4.98 Å². The molecule has 1 aliphatic carbocycles. The molecule has 1 N–H and O–H groups in total. The van der Waals surface area contributed by atoms with E-state index in [9.17, 15) is 0 Å². The van der Waals surface area contributed by atoms with Crippen LogP contribution in [0.1, 0.15) is 44.0 Å². The van der Waals surface area contributed by atoms with Gasteiger partial charge in [0.15, 0.2) is 0 Å². The van der Waals surface area contributed by atoms with Gasteiger partial charge in [0.2, 0.25) is 0 Å². The second-order valence-corrected chi connectivity index (χ2v) is 4.70. The Morgan fingerprint density at radius 2 is 2.12 bits per heavy atom. The fraction of sp³-hybridized carbons (Fsp3) is 0.643. The van der Waals surface area contributed by atoms with Crippen LogP contribution in [0, 0.1) is 6.92 Å². The topological polar surface area (TPSA) is 34.2 Å². The summed E-state index contributed by atoms with van der Waals surface area (Å²) in [7, 11) is 0. The van der Waals surface area contributed by atoms with Gasteiger partial charge in [-0.05, 0) is 51.3 Å². The number of aryl methyl sites for hydroxylation is 1. The lowest BCUT2D eigenvalue weighted by molar-refractivity contribution is 0.206. The summed E-state index contributed by atoms with van der Waals surface area (Å²) in [6, 6.07) is 4.09. The molecule has 1 heterocycles. The minimum atomic E-state index is 0.403. The highest BCUT2D eigenvalue weighted by molar-refractivity contribution is 5.29.